The quantitative estimate of drug-likeness (QED) is 0.160. The standard InChI is InChI=1S/C63H40N6/c1-4-21-41(22-5-1)44-27-10-11-28-45(44)46-29-12-17-36-55(46)68-56-37-18-14-31-48(56)51-39-40-52-49-32-15-19-38-57(49)69(60(52)59(51)68)63-65-61(42-23-6-2-7-24-42)64-62(66-63)53-34-20-33-50-47-30-13-16-35-54(47)67(58(50)53)43-25-8-3-9-26-43/h1-40H. The van der Waals surface area contributed by atoms with Gasteiger partial charge in [0.1, 0.15) is 0 Å². The van der Waals surface area contributed by atoms with Crippen molar-refractivity contribution in [3.63, 3.8) is 0 Å². The second-order valence-electron chi connectivity index (χ2n) is 17.5. The molecule has 0 aliphatic rings. The highest BCUT2D eigenvalue weighted by Gasteiger charge is 2.26. The van der Waals surface area contributed by atoms with E-state index in [-0.39, 0.29) is 0 Å². The van der Waals surface area contributed by atoms with Crippen LogP contribution >= 0.6 is 0 Å². The van der Waals surface area contributed by atoms with E-state index in [1.54, 1.807) is 0 Å². The molecule has 6 nitrogen and oxygen atoms in total. The highest BCUT2D eigenvalue weighted by atomic mass is 15.2. The van der Waals surface area contributed by atoms with E-state index in [9.17, 15) is 0 Å². The van der Waals surface area contributed by atoms with Crippen molar-refractivity contribution in [2.75, 3.05) is 0 Å². The predicted molar refractivity (Wildman–Crippen MR) is 285 cm³/mol. The lowest BCUT2D eigenvalue weighted by molar-refractivity contribution is 0.953. The molecule has 0 aliphatic carbocycles. The van der Waals surface area contributed by atoms with E-state index in [0.29, 0.717) is 17.6 Å². The van der Waals surface area contributed by atoms with Crippen LogP contribution in [0.2, 0.25) is 0 Å². The molecule has 0 fully saturated rings. The SMILES string of the molecule is c1ccc(-c2nc(-c3cccc4c5ccccc5n(-c5ccccc5)c34)nc(-n3c4ccccc4c4ccc5c6ccccc6n(-c6ccccc6-c6ccccc6-c6ccccc6)c5c43)n2)cc1. The number of nitrogens with zero attached hydrogens (tertiary/aromatic N) is 6. The van der Waals surface area contributed by atoms with E-state index in [4.69, 9.17) is 15.0 Å². The smallest absolute Gasteiger partial charge is 0.238 e. The van der Waals surface area contributed by atoms with Gasteiger partial charge in [-0.1, -0.05) is 200 Å². The molecule has 14 aromatic rings. The van der Waals surface area contributed by atoms with Gasteiger partial charge in [-0.3, -0.25) is 4.57 Å². The highest BCUT2D eigenvalue weighted by Crippen LogP contribution is 2.45. The molecule has 0 aliphatic heterocycles. The third-order valence-electron chi connectivity index (χ3n) is 13.7. The van der Waals surface area contributed by atoms with Crippen LogP contribution in [0.4, 0.5) is 0 Å². The lowest BCUT2D eigenvalue weighted by Gasteiger charge is -2.18. The Hall–Kier alpha value is -9.39. The topological polar surface area (TPSA) is 53.5 Å². The molecular formula is C63H40N6. The Labute approximate surface area is 397 Å². The van der Waals surface area contributed by atoms with Gasteiger partial charge in [-0.15, -0.1) is 0 Å². The molecule has 4 heterocycles. The van der Waals surface area contributed by atoms with E-state index in [1.807, 2.05) is 18.2 Å². The molecule has 0 spiro atoms. The van der Waals surface area contributed by atoms with Crippen molar-refractivity contribution in [2.45, 2.75) is 0 Å². The van der Waals surface area contributed by atoms with Crippen molar-refractivity contribution in [1.82, 2.24) is 28.7 Å². The maximum atomic E-state index is 5.62. The van der Waals surface area contributed by atoms with Gasteiger partial charge >= 0.3 is 0 Å². The molecule has 10 aromatic carbocycles. The summed E-state index contributed by atoms with van der Waals surface area (Å²) in [6, 6.07) is 86.2. The Balaban J connectivity index is 1.11. The van der Waals surface area contributed by atoms with Gasteiger partial charge in [-0.2, -0.15) is 9.97 Å². The molecule has 6 heteroatoms. The minimum absolute atomic E-state index is 0.538. The zero-order valence-corrected chi connectivity index (χ0v) is 37.3. The lowest BCUT2D eigenvalue weighted by atomic mass is 9.93. The fourth-order valence-corrected chi connectivity index (χ4v) is 10.8. The largest absolute Gasteiger partial charge is 0.309 e. The van der Waals surface area contributed by atoms with Crippen LogP contribution in [0, 0.1) is 0 Å². The summed E-state index contributed by atoms with van der Waals surface area (Å²) in [5.74, 6) is 1.72. The molecule has 0 atom stereocenters. The minimum Gasteiger partial charge on any atom is -0.309 e. The summed E-state index contributed by atoms with van der Waals surface area (Å²) in [5.41, 5.74) is 15.0. The van der Waals surface area contributed by atoms with Gasteiger partial charge in [0.15, 0.2) is 11.6 Å². The van der Waals surface area contributed by atoms with Gasteiger partial charge in [0, 0.05) is 54.7 Å². The van der Waals surface area contributed by atoms with Crippen molar-refractivity contribution in [2.24, 2.45) is 0 Å². The van der Waals surface area contributed by atoms with Crippen molar-refractivity contribution in [3.05, 3.63) is 243 Å². The number of para-hydroxylation sites is 6. The van der Waals surface area contributed by atoms with E-state index in [2.05, 4.69) is 238 Å². The first kappa shape index (κ1) is 38.8. The Morgan fingerprint density at radius 1 is 0.246 bits per heavy atom. The van der Waals surface area contributed by atoms with E-state index in [1.165, 1.54) is 21.9 Å². The molecule has 0 N–H and O–H groups in total. The average molecular weight is 881 g/mol. The Bertz CT molecular complexity index is 4300. The summed E-state index contributed by atoms with van der Waals surface area (Å²) in [6.45, 7) is 0. The molecule has 0 bridgehead atoms. The summed E-state index contributed by atoms with van der Waals surface area (Å²) >= 11 is 0. The maximum absolute atomic E-state index is 5.62. The Kier molecular flexibility index (Phi) is 8.79. The van der Waals surface area contributed by atoms with Crippen molar-refractivity contribution in [3.8, 4) is 62.4 Å². The molecule has 0 saturated carbocycles. The second-order valence-corrected chi connectivity index (χ2v) is 17.5. The number of hydrogen-bond acceptors (Lipinski definition) is 3. The van der Waals surface area contributed by atoms with Crippen LogP contribution in [0.15, 0.2) is 243 Å². The summed E-state index contributed by atoms with van der Waals surface area (Å²) in [4.78, 5) is 16.5. The van der Waals surface area contributed by atoms with Crippen LogP contribution in [0.3, 0.4) is 0 Å². The minimum atomic E-state index is 0.538. The highest BCUT2D eigenvalue weighted by molar-refractivity contribution is 6.24. The van der Waals surface area contributed by atoms with Crippen LogP contribution < -0.4 is 0 Å². The molecule has 69 heavy (non-hydrogen) atoms. The molecular weight excluding hydrogens is 841 g/mol. The summed E-state index contributed by atoms with van der Waals surface area (Å²) < 4.78 is 7.10. The fraction of sp³-hybridized carbons (Fsp3) is 0. The van der Waals surface area contributed by atoms with Crippen molar-refractivity contribution >= 4 is 65.4 Å². The lowest BCUT2D eigenvalue weighted by Crippen LogP contribution is -2.08. The number of hydrogen-bond donors (Lipinski definition) is 0. The maximum Gasteiger partial charge on any atom is 0.238 e. The molecule has 0 amide bonds. The number of rotatable bonds is 7. The molecule has 0 saturated heterocycles. The van der Waals surface area contributed by atoms with E-state index in [0.717, 1.165) is 88.3 Å². The van der Waals surface area contributed by atoms with Crippen molar-refractivity contribution in [1.29, 1.82) is 0 Å². The normalized spacial score (nSPS) is 11.8. The first-order valence-electron chi connectivity index (χ1n) is 23.4. The number of benzene rings is 10. The third kappa shape index (κ3) is 6.02. The van der Waals surface area contributed by atoms with Gasteiger partial charge in [0.25, 0.3) is 0 Å². The van der Waals surface area contributed by atoms with E-state index < -0.39 is 0 Å². The van der Waals surface area contributed by atoms with Gasteiger partial charge < -0.3 is 9.13 Å². The molecule has 322 valence electrons. The van der Waals surface area contributed by atoms with E-state index >= 15 is 0 Å². The predicted octanol–water partition coefficient (Wildman–Crippen LogP) is 15.8. The van der Waals surface area contributed by atoms with Crippen LogP contribution in [-0.2, 0) is 0 Å². The molecule has 0 radical (unpaired) electrons. The molecule has 4 aromatic heterocycles. The zero-order chi connectivity index (χ0) is 45.4. The van der Waals surface area contributed by atoms with Crippen LogP contribution in [0.25, 0.3) is 128 Å². The van der Waals surface area contributed by atoms with Gasteiger partial charge in [-0.25, -0.2) is 4.98 Å². The summed E-state index contributed by atoms with van der Waals surface area (Å²) in [7, 11) is 0. The summed E-state index contributed by atoms with van der Waals surface area (Å²) in [6.07, 6.45) is 0. The monoisotopic (exact) mass is 880 g/mol. The Morgan fingerprint density at radius 3 is 1.36 bits per heavy atom. The van der Waals surface area contributed by atoms with Gasteiger partial charge in [0.2, 0.25) is 5.95 Å². The number of aromatic nitrogens is 6. The molecule has 14 rings (SSSR count). The molecule has 0 unspecified atom stereocenters. The van der Waals surface area contributed by atoms with Gasteiger partial charge in [-0.05, 0) is 59.2 Å². The number of fused-ring (bicyclic) bond motifs is 10. The van der Waals surface area contributed by atoms with Crippen LogP contribution in [-0.4, -0.2) is 28.7 Å². The third-order valence-corrected chi connectivity index (χ3v) is 13.7. The van der Waals surface area contributed by atoms with Gasteiger partial charge in [0.05, 0.1) is 38.8 Å². The van der Waals surface area contributed by atoms with Crippen LogP contribution in [0.5, 0.6) is 0 Å². The summed E-state index contributed by atoms with van der Waals surface area (Å²) in [5, 5.41) is 6.83. The Morgan fingerprint density at radius 2 is 0.696 bits per heavy atom. The first-order chi connectivity index (χ1) is 34.3. The zero-order valence-electron chi connectivity index (χ0n) is 37.3. The average Bonchev–Trinajstić information content (AvgIpc) is 4.08. The first-order valence-corrected chi connectivity index (χ1v) is 23.4. The van der Waals surface area contributed by atoms with Crippen molar-refractivity contribution < 1.29 is 0 Å². The second kappa shape index (κ2) is 15.6. The fourth-order valence-electron chi connectivity index (χ4n) is 10.8. The van der Waals surface area contributed by atoms with Crippen LogP contribution in [0.1, 0.15) is 0 Å².